The highest BCUT2D eigenvalue weighted by Gasteiger charge is 2.22. The van der Waals surface area contributed by atoms with Crippen molar-refractivity contribution in [3.8, 4) is 11.5 Å². The van der Waals surface area contributed by atoms with Gasteiger partial charge in [0, 0.05) is 50.2 Å². The van der Waals surface area contributed by atoms with Crippen LogP contribution in [-0.2, 0) is 11.2 Å². The van der Waals surface area contributed by atoms with Crippen molar-refractivity contribution in [2.75, 3.05) is 45.3 Å². The van der Waals surface area contributed by atoms with Crippen LogP contribution in [0.15, 0.2) is 29.8 Å². The van der Waals surface area contributed by atoms with Crippen LogP contribution in [0.3, 0.4) is 0 Å². The van der Waals surface area contributed by atoms with Crippen LogP contribution in [0.1, 0.15) is 12.0 Å². The highest BCUT2D eigenvalue weighted by atomic mass is 32.1. The average Bonchev–Trinajstić information content (AvgIpc) is 3.20. The fraction of sp³-hybridized carbons (Fsp3) is 0.444. The second-order valence-corrected chi connectivity index (χ2v) is 6.78. The fourth-order valence-electron chi connectivity index (χ4n) is 2.94. The summed E-state index contributed by atoms with van der Waals surface area (Å²) in [7, 11) is 3.26. The number of carbonyl (C=O) groups excluding carboxylic acids is 1. The van der Waals surface area contributed by atoms with Gasteiger partial charge in [0.1, 0.15) is 11.5 Å². The zero-order chi connectivity index (χ0) is 17.6. The Hall–Kier alpha value is -2.28. The summed E-state index contributed by atoms with van der Waals surface area (Å²) < 4.78 is 10.6. The van der Waals surface area contributed by atoms with Gasteiger partial charge >= 0.3 is 0 Å². The van der Waals surface area contributed by atoms with Crippen molar-refractivity contribution in [3.05, 3.63) is 35.3 Å². The maximum absolute atomic E-state index is 12.5. The third-order valence-corrected chi connectivity index (χ3v) is 5.19. The fourth-order valence-corrected chi connectivity index (χ4v) is 3.64. The van der Waals surface area contributed by atoms with E-state index in [-0.39, 0.29) is 5.91 Å². The van der Waals surface area contributed by atoms with Gasteiger partial charge in [0.25, 0.3) is 0 Å². The molecular formula is C18H23N3O3S. The van der Waals surface area contributed by atoms with Crippen LogP contribution in [0.25, 0.3) is 0 Å². The van der Waals surface area contributed by atoms with Crippen molar-refractivity contribution in [2.45, 2.75) is 12.8 Å². The van der Waals surface area contributed by atoms with Gasteiger partial charge in [0.05, 0.1) is 14.2 Å². The summed E-state index contributed by atoms with van der Waals surface area (Å²) in [6.45, 7) is 3.18. The number of rotatable bonds is 6. The van der Waals surface area contributed by atoms with Crippen LogP contribution in [-0.4, -0.2) is 56.2 Å². The number of thiazole rings is 1. The minimum Gasteiger partial charge on any atom is -0.497 e. The summed E-state index contributed by atoms with van der Waals surface area (Å²) in [6, 6.07) is 5.75. The van der Waals surface area contributed by atoms with Crippen LogP contribution in [0.4, 0.5) is 5.13 Å². The number of hydrogen-bond acceptors (Lipinski definition) is 6. The zero-order valence-electron chi connectivity index (χ0n) is 14.6. The predicted molar refractivity (Wildman–Crippen MR) is 98.8 cm³/mol. The summed E-state index contributed by atoms with van der Waals surface area (Å²) >= 11 is 1.64. The highest BCUT2D eigenvalue weighted by Crippen LogP contribution is 2.24. The van der Waals surface area contributed by atoms with Crippen LogP contribution in [0.5, 0.6) is 11.5 Å². The first-order chi connectivity index (χ1) is 12.2. The normalized spacial score (nSPS) is 14.5. The Morgan fingerprint density at radius 1 is 1.12 bits per heavy atom. The molecule has 6 nitrogen and oxygen atoms in total. The molecule has 1 saturated heterocycles. The van der Waals surface area contributed by atoms with E-state index in [0.717, 1.165) is 48.4 Å². The minimum atomic E-state index is 0.195. The second-order valence-electron chi connectivity index (χ2n) is 5.90. The van der Waals surface area contributed by atoms with Gasteiger partial charge < -0.3 is 19.3 Å². The largest absolute Gasteiger partial charge is 0.497 e. The molecule has 0 saturated carbocycles. The molecule has 1 amide bonds. The third kappa shape index (κ3) is 4.42. The average molecular weight is 361 g/mol. The van der Waals surface area contributed by atoms with E-state index >= 15 is 0 Å². The van der Waals surface area contributed by atoms with E-state index < -0.39 is 0 Å². The monoisotopic (exact) mass is 361 g/mol. The highest BCUT2D eigenvalue weighted by molar-refractivity contribution is 7.13. The number of methoxy groups -OCH3 is 2. The number of amides is 1. The standard InChI is InChI=1S/C18H23N3O3S/c1-23-15-11-14(12-16(13-15)24-2)3-4-17(22)20-6-8-21(9-7-20)18-19-5-10-25-18/h5,10-13H,3-4,6-9H2,1-2H3. The molecule has 25 heavy (non-hydrogen) atoms. The van der Waals surface area contributed by atoms with Gasteiger partial charge in [-0.2, -0.15) is 0 Å². The van der Waals surface area contributed by atoms with Crippen molar-refractivity contribution < 1.29 is 14.3 Å². The summed E-state index contributed by atoms with van der Waals surface area (Å²) in [5.74, 6) is 1.69. The molecule has 1 aliphatic rings. The van der Waals surface area contributed by atoms with Crippen molar-refractivity contribution in [1.82, 2.24) is 9.88 Å². The first kappa shape index (κ1) is 17.5. The van der Waals surface area contributed by atoms with Crippen molar-refractivity contribution in [3.63, 3.8) is 0 Å². The Bertz CT molecular complexity index is 675. The molecule has 2 aromatic rings. The molecule has 1 aromatic carbocycles. The summed E-state index contributed by atoms with van der Waals surface area (Å²) in [6.07, 6.45) is 2.99. The maximum Gasteiger partial charge on any atom is 0.223 e. The summed E-state index contributed by atoms with van der Waals surface area (Å²) in [5.41, 5.74) is 1.05. The zero-order valence-corrected chi connectivity index (χ0v) is 15.4. The van der Waals surface area contributed by atoms with Crippen LogP contribution in [0.2, 0.25) is 0 Å². The van der Waals surface area contributed by atoms with Gasteiger partial charge in [-0.1, -0.05) is 0 Å². The topological polar surface area (TPSA) is 54.9 Å². The van der Waals surface area contributed by atoms with E-state index in [1.54, 1.807) is 25.6 Å². The van der Waals surface area contributed by atoms with Crippen molar-refractivity contribution in [1.29, 1.82) is 0 Å². The maximum atomic E-state index is 12.5. The van der Waals surface area contributed by atoms with Gasteiger partial charge in [0.2, 0.25) is 5.91 Å². The smallest absolute Gasteiger partial charge is 0.223 e. The van der Waals surface area contributed by atoms with E-state index in [2.05, 4.69) is 9.88 Å². The Morgan fingerprint density at radius 3 is 2.36 bits per heavy atom. The lowest BCUT2D eigenvalue weighted by Gasteiger charge is -2.34. The van der Waals surface area contributed by atoms with Crippen molar-refractivity contribution in [2.24, 2.45) is 0 Å². The molecule has 1 aliphatic heterocycles. The Morgan fingerprint density at radius 2 is 1.80 bits per heavy atom. The molecule has 0 N–H and O–H groups in total. The van der Waals surface area contributed by atoms with Crippen LogP contribution >= 0.6 is 11.3 Å². The van der Waals surface area contributed by atoms with E-state index in [0.29, 0.717) is 12.8 Å². The molecule has 0 spiro atoms. The summed E-state index contributed by atoms with van der Waals surface area (Å²) in [5, 5.41) is 3.02. The van der Waals surface area contributed by atoms with Crippen LogP contribution in [0, 0.1) is 0 Å². The summed E-state index contributed by atoms with van der Waals surface area (Å²) in [4.78, 5) is 21.0. The van der Waals surface area contributed by atoms with Gasteiger partial charge in [-0.25, -0.2) is 4.98 Å². The van der Waals surface area contributed by atoms with Crippen LogP contribution < -0.4 is 14.4 Å². The molecule has 2 heterocycles. The number of carbonyl (C=O) groups is 1. The van der Waals surface area contributed by atoms with Gasteiger partial charge in [-0.05, 0) is 24.1 Å². The van der Waals surface area contributed by atoms with E-state index in [1.165, 1.54) is 0 Å². The van der Waals surface area contributed by atoms with E-state index in [9.17, 15) is 4.79 Å². The predicted octanol–water partition coefficient (Wildman–Crippen LogP) is 2.44. The Balaban J connectivity index is 1.52. The Labute approximate surface area is 152 Å². The van der Waals surface area contributed by atoms with Crippen molar-refractivity contribution >= 4 is 22.4 Å². The molecule has 0 unspecified atom stereocenters. The van der Waals surface area contributed by atoms with E-state index in [1.807, 2.05) is 34.7 Å². The molecule has 0 bridgehead atoms. The lowest BCUT2D eigenvalue weighted by molar-refractivity contribution is -0.131. The molecule has 0 atom stereocenters. The number of nitrogens with zero attached hydrogens (tertiary/aromatic N) is 3. The second kappa shape index (κ2) is 8.20. The lowest BCUT2D eigenvalue weighted by Crippen LogP contribution is -2.48. The number of aromatic nitrogens is 1. The molecule has 3 rings (SSSR count). The van der Waals surface area contributed by atoms with Gasteiger partial charge in [0.15, 0.2) is 5.13 Å². The SMILES string of the molecule is COc1cc(CCC(=O)N2CCN(c3nccs3)CC2)cc(OC)c1. The molecule has 1 aromatic heterocycles. The third-order valence-electron chi connectivity index (χ3n) is 4.36. The lowest BCUT2D eigenvalue weighted by atomic mass is 10.1. The van der Waals surface area contributed by atoms with Gasteiger partial charge in [-0.15, -0.1) is 11.3 Å². The molecule has 0 radical (unpaired) electrons. The first-order valence-corrected chi connectivity index (χ1v) is 9.21. The first-order valence-electron chi connectivity index (χ1n) is 8.34. The minimum absolute atomic E-state index is 0.195. The molecule has 1 fully saturated rings. The number of benzene rings is 1. The quantitative estimate of drug-likeness (QED) is 0.791. The molecule has 7 heteroatoms. The van der Waals surface area contributed by atoms with E-state index in [4.69, 9.17) is 9.47 Å². The number of piperazine rings is 1. The number of ether oxygens (including phenoxy) is 2. The Kier molecular flexibility index (Phi) is 5.75. The number of hydrogen-bond donors (Lipinski definition) is 0. The van der Waals surface area contributed by atoms with Gasteiger partial charge in [-0.3, -0.25) is 4.79 Å². The molecule has 0 aliphatic carbocycles. The number of anilines is 1. The molecular weight excluding hydrogens is 338 g/mol. The number of aryl methyl sites for hydroxylation is 1. The molecule has 134 valence electrons.